The van der Waals surface area contributed by atoms with Gasteiger partial charge in [0.1, 0.15) is 5.75 Å². The molecule has 0 fully saturated rings. The third-order valence-electron chi connectivity index (χ3n) is 2.66. The van der Waals surface area contributed by atoms with Gasteiger partial charge in [-0.25, -0.2) is 0 Å². The highest BCUT2D eigenvalue weighted by atomic mass is 19.4. The highest BCUT2D eigenvalue weighted by Gasteiger charge is 2.31. The van der Waals surface area contributed by atoms with Gasteiger partial charge in [-0.2, -0.15) is 13.2 Å². The van der Waals surface area contributed by atoms with Crippen LogP contribution in [0.15, 0.2) is 18.2 Å². The molecule has 5 heteroatoms. The fourth-order valence-corrected chi connectivity index (χ4v) is 1.74. The molecule has 102 valence electrons. The second-order valence-electron chi connectivity index (χ2n) is 4.43. The normalized spacial score (nSPS) is 11.9. The first-order chi connectivity index (χ1) is 8.34. The molecule has 0 unspecified atom stereocenters. The van der Waals surface area contributed by atoms with Crippen LogP contribution in [-0.2, 0) is 12.6 Å². The molecule has 1 aromatic carbocycles. The minimum atomic E-state index is -4.30. The van der Waals surface area contributed by atoms with Gasteiger partial charge in [0.25, 0.3) is 0 Å². The molecule has 0 aliphatic heterocycles. The monoisotopic (exact) mass is 261 g/mol. The third kappa shape index (κ3) is 4.22. The van der Waals surface area contributed by atoms with Gasteiger partial charge in [-0.15, -0.1) is 0 Å². The summed E-state index contributed by atoms with van der Waals surface area (Å²) in [6, 6.07) is 3.61. The fraction of sp³-hybridized carbons (Fsp3) is 0.538. The zero-order chi connectivity index (χ0) is 13.8. The number of halogens is 3. The molecule has 0 aliphatic rings. The summed E-state index contributed by atoms with van der Waals surface area (Å²) in [6.07, 6.45) is -2.93. The number of alkyl halides is 3. The SMILES string of the molecule is COc1ccc(C(F)(F)F)cc1CCCN(C)C. The van der Waals surface area contributed by atoms with Crippen LogP contribution < -0.4 is 4.74 Å². The molecule has 0 amide bonds. The zero-order valence-electron chi connectivity index (χ0n) is 10.8. The number of benzene rings is 1. The molecule has 2 nitrogen and oxygen atoms in total. The smallest absolute Gasteiger partial charge is 0.416 e. The maximum atomic E-state index is 12.6. The van der Waals surface area contributed by atoms with Crippen LogP contribution in [0.4, 0.5) is 13.2 Å². The van der Waals surface area contributed by atoms with E-state index in [1.54, 1.807) is 0 Å². The molecule has 0 atom stereocenters. The molecule has 0 heterocycles. The van der Waals surface area contributed by atoms with Gasteiger partial charge in [0.05, 0.1) is 12.7 Å². The summed E-state index contributed by atoms with van der Waals surface area (Å²) in [4.78, 5) is 2.00. The molecule has 1 rings (SSSR count). The fourth-order valence-electron chi connectivity index (χ4n) is 1.74. The van der Waals surface area contributed by atoms with E-state index < -0.39 is 11.7 Å². The molecule has 0 aromatic heterocycles. The van der Waals surface area contributed by atoms with Crippen molar-refractivity contribution in [3.05, 3.63) is 29.3 Å². The van der Waals surface area contributed by atoms with Crippen LogP contribution in [0, 0.1) is 0 Å². The molecule has 1 aromatic rings. The first kappa shape index (κ1) is 14.8. The summed E-state index contributed by atoms with van der Waals surface area (Å²) in [7, 11) is 5.34. The average Bonchev–Trinajstić information content (AvgIpc) is 2.27. The van der Waals surface area contributed by atoms with Crippen molar-refractivity contribution in [3.8, 4) is 5.75 Å². The van der Waals surface area contributed by atoms with Crippen LogP contribution in [0.1, 0.15) is 17.5 Å². The Morgan fingerprint density at radius 1 is 1.22 bits per heavy atom. The summed E-state index contributed by atoms with van der Waals surface area (Å²) < 4.78 is 42.9. The van der Waals surface area contributed by atoms with Crippen molar-refractivity contribution in [2.24, 2.45) is 0 Å². The summed E-state index contributed by atoms with van der Waals surface area (Å²) in [5, 5.41) is 0. The van der Waals surface area contributed by atoms with E-state index >= 15 is 0 Å². The minimum absolute atomic E-state index is 0.516. The van der Waals surface area contributed by atoms with Gasteiger partial charge in [0.15, 0.2) is 0 Å². The lowest BCUT2D eigenvalue weighted by Gasteiger charge is -2.14. The van der Waals surface area contributed by atoms with Crippen LogP contribution in [-0.4, -0.2) is 32.6 Å². The Morgan fingerprint density at radius 3 is 2.39 bits per heavy atom. The topological polar surface area (TPSA) is 12.5 Å². The molecular formula is C13H18F3NO. The molecular weight excluding hydrogens is 243 g/mol. The lowest BCUT2D eigenvalue weighted by molar-refractivity contribution is -0.137. The van der Waals surface area contributed by atoms with E-state index in [1.807, 2.05) is 19.0 Å². The van der Waals surface area contributed by atoms with Gasteiger partial charge in [0, 0.05) is 0 Å². The Bertz CT molecular complexity index is 388. The largest absolute Gasteiger partial charge is 0.496 e. The van der Waals surface area contributed by atoms with Gasteiger partial charge in [0.2, 0.25) is 0 Å². The van der Waals surface area contributed by atoms with E-state index in [9.17, 15) is 13.2 Å². The van der Waals surface area contributed by atoms with Crippen molar-refractivity contribution in [3.63, 3.8) is 0 Å². The van der Waals surface area contributed by atoms with Gasteiger partial charge in [-0.05, 0) is 57.2 Å². The van der Waals surface area contributed by atoms with Crippen molar-refractivity contribution < 1.29 is 17.9 Å². The highest BCUT2D eigenvalue weighted by molar-refractivity contribution is 5.38. The summed E-state index contributed by atoms with van der Waals surface area (Å²) in [6.45, 7) is 0.833. The number of ether oxygens (including phenoxy) is 1. The Kier molecular flexibility index (Phi) is 5.02. The van der Waals surface area contributed by atoms with Crippen molar-refractivity contribution in [2.45, 2.75) is 19.0 Å². The second kappa shape index (κ2) is 6.09. The molecule has 0 radical (unpaired) electrons. The highest BCUT2D eigenvalue weighted by Crippen LogP contribution is 2.32. The van der Waals surface area contributed by atoms with Crippen LogP contribution in [0.25, 0.3) is 0 Å². The first-order valence-corrected chi connectivity index (χ1v) is 5.73. The van der Waals surface area contributed by atoms with Crippen molar-refractivity contribution in [1.29, 1.82) is 0 Å². The van der Waals surface area contributed by atoms with E-state index in [1.165, 1.54) is 19.2 Å². The van der Waals surface area contributed by atoms with Crippen LogP contribution in [0.3, 0.4) is 0 Å². The Hall–Kier alpha value is -1.23. The summed E-state index contributed by atoms with van der Waals surface area (Å²) >= 11 is 0. The molecule has 0 N–H and O–H groups in total. The third-order valence-corrected chi connectivity index (χ3v) is 2.66. The predicted molar refractivity (Wildman–Crippen MR) is 64.9 cm³/mol. The summed E-state index contributed by atoms with van der Waals surface area (Å²) in [5.41, 5.74) is -0.0164. The molecule has 0 aliphatic carbocycles. The van der Waals surface area contributed by atoms with Crippen molar-refractivity contribution in [2.75, 3.05) is 27.7 Å². The second-order valence-corrected chi connectivity index (χ2v) is 4.43. The number of hydrogen-bond donors (Lipinski definition) is 0. The van der Waals surface area contributed by atoms with E-state index in [0.29, 0.717) is 17.7 Å². The van der Waals surface area contributed by atoms with Crippen molar-refractivity contribution >= 4 is 0 Å². The zero-order valence-corrected chi connectivity index (χ0v) is 10.8. The minimum Gasteiger partial charge on any atom is -0.496 e. The van der Waals surface area contributed by atoms with Crippen LogP contribution in [0.2, 0.25) is 0 Å². The molecule has 0 bridgehead atoms. The van der Waals surface area contributed by atoms with E-state index in [4.69, 9.17) is 4.74 Å². The van der Waals surface area contributed by atoms with E-state index in [2.05, 4.69) is 0 Å². The van der Waals surface area contributed by atoms with E-state index in [0.717, 1.165) is 19.0 Å². The van der Waals surface area contributed by atoms with E-state index in [-0.39, 0.29) is 0 Å². The summed E-state index contributed by atoms with van der Waals surface area (Å²) in [5.74, 6) is 0.516. The number of methoxy groups -OCH3 is 1. The molecule has 0 spiro atoms. The van der Waals surface area contributed by atoms with Crippen LogP contribution in [0.5, 0.6) is 5.75 Å². The number of aryl methyl sites for hydroxylation is 1. The Morgan fingerprint density at radius 2 is 1.89 bits per heavy atom. The molecule has 18 heavy (non-hydrogen) atoms. The van der Waals surface area contributed by atoms with Crippen molar-refractivity contribution in [1.82, 2.24) is 4.90 Å². The van der Waals surface area contributed by atoms with Gasteiger partial charge in [-0.3, -0.25) is 0 Å². The number of rotatable bonds is 5. The lowest BCUT2D eigenvalue weighted by atomic mass is 10.0. The Balaban J connectivity index is 2.86. The van der Waals surface area contributed by atoms with Gasteiger partial charge < -0.3 is 9.64 Å². The average molecular weight is 261 g/mol. The van der Waals surface area contributed by atoms with Gasteiger partial charge >= 0.3 is 6.18 Å². The first-order valence-electron chi connectivity index (χ1n) is 5.73. The predicted octanol–water partition coefficient (Wildman–Crippen LogP) is 3.21. The maximum Gasteiger partial charge on any atom is 0.416 e. The number of hydrogen-bond acceptors (Lipinski definition) is 2. The van der Waals surface area contributed by atoms with Gasteiger partial charge in [-0.1, -0.05) is 0 Å². The van der Waals surface area contributed by atoms with Crippen LogP contribution >= 0.6 is 0 Å². The Labute approximate surface area is 105 Å². The quantitative estimate of drug-likeness (QED) is 0.807. The maximum absolute atomic E-state index is 12.6. The standard InChI is InChI=1S/C13H18F3NO/c1-17(2)8-4-5-10-9-11(13(14,15)16)6-7-12(10)18-3/h6-7,9H,4-5,8H2,1-3H3. The number of nitrogens with zero attached hydrogens (tertiary/aromatic N) is 1. The molecule has 0 saturated heterocycles. The molecule has 0 saturated carbocycles. The lowest BCUT2D eigenvalue weighted by Crippen LogP contribution is -2.14.